The maximum Gasteiger partial charge on any atom is 0.432 e. The standard InChI is InChI=1S/C19H27F3N4O2.C10H15NO3.C9H12F3N3.CH4/c1-2-28-17(27)26-8-5-18(12-26)9-14(10-18)25-6-3-13(4-7-25)16-23-11-15(24-16)19(20,21)22;1-2-14-9(13)11-4-3-10(7-11)5-8(12)6-10;10-9(11,12)7-5-14-8(15-7)6-1-3-13-4-2-6;/h11,13-14H,2-10,12H2,1H3,(H,23,24);2-7H2,1H3;5-6,13H,1-4H2,(H,14,15);1H4. The number of amides is 2. The van der Waals surface area contributed by atoms with Crippen LogP contribution in [0.3, 0.4) is 0 Å². The van der Waals surface area contributed by atoms with E-state index in [9.17, 15) is 40.7 Å². The van der Waals surface area contributed by atoms with Gasteiger partial charge in [-0.2, -0.15) is 26.3 Å². The van der Waals surface area contributed by atoms with E-state index in [2.05, 4.69) is 30.2 Å². The summed E-state index contributed by atoms with van der Waals surface area (Å²) in [5.41, 5.74) is -1.17. The van der Waals surface area contributed by atoms with Gasteiger partial charge in [0, 0.05) is 62.3 Å². The molecular formula is C39H58F6N8O5. The van der Waals surface area contributed by atoms with Crippen molar-refractivity contribution in [3.63, 3.8) is 0 Å². The highest BCUT2D eigenvalue weighted by molar-refractivity contribution is 5.86. The molecule has 2 aromatic heterocycles. The number of carbonyl (C=O) groups is 3. The summed E-state index contributed by atoms with van der Waals surface area (Å²) in [6, 6.07) is 0.519. The van der Waals surface area contributed by atoms with Gasteiger partial charge in [0.1, 0.15) is 28.8 Å². The molecular weight excluding hydrogens is 774 g/mol. The van der Waals surface area contributed by atoms with Gasteiger partial charge in [-0.05, 0) is 96.8 Å². The molecule has 8 rings (SSSR count). The van der Waals surface area contributed by atoms with Crippen molar-refractivity contribution in [2.75, 3.05) is 65.6 Å². The largest absolute Gasteiger partial charge is 0.450 e. The summed E-state index contributed by atoms with van der Waals surface area (Å²) in [4.78, 5) is 52.8. The molecule has 0 atom stereocenters. The van der Waals surface area contributed by atoms with Crippen molar-refractivity contribution >= 4 is 18.0 Å². The van der Waals surface area contributed by atoms with E-state index in [-0.39, 0.29) is 42.3 Å². The summed E-state index contributed by atoms with van der Waals surface area (Å²) in [5, 5.41) is 3.16. The molecule has 0 aromatic carbocycles. The molecule has 3 N–H and O–H groups in total. The van der Waals surface area contributed by atoms with Gasteiger partial charge < -0.3 is 39.5 Å². The lowest BCUT2D eigenvalue weighted by Crippen LogP contribution is -2.54. The average Bonchev–Trinajstić information content (AvgIpc) is 3.98. The van der Waals surface area contributed by atoms with Crippen molar-refractivity contribution in [2.24, 2.45) is 10.8 Å². The van der Waals surface area contributed by atoms with E-state index in [0.717, 1.165) is 110 Å². The fourth-order valence-corrected chi connectivity index (χ4v) is 9.23. The van der Waals surface area contributed by atoms with E-state index < -0.39 is 23.7 Å². The Labute approximate surface area is 335 Å². The number of aromatic amines is 2. The van der Waals surface area contributed by atoms with Gasteiger partial charge >= 0.3 is 24.5 Å². The normalized spacial score (nSPS) is 24.9. The lowest BCUT2D eigenvalue weighted by molar-refractivity contribution is -0.141. The first kappa shape index (κ1) is 45.2. The number of halogens is 6. The Kier molecular flexibility index (Phi) is 14.5. The second kappa shape index (κ2) is 18.6. The third-order valence-corrected chi connectivity index (χ3v) is 12.4. The highest BCUT2D eigenvalue weighted by Crippen LogP contribution is 2.51. The van der Waals surface area contributed by atoms with E-state index >= 15 is 0 Å². The van der Waals surface area contributed by atoms with Crippen LogP contribution in [-0.4, -0.2) is 124 Å². The van der Waals surface area contributed by atoms with Crippen LogP contribution in [0.25, 0.3) is 0 Å². The summed E-state index contributed by atoms with van der Waals surface area (Å²) in [6.45, 7) is 10.9. The second-order valence-electron chi connectivity index (χ2n) is 16.4. The highest BCUT2D eigenvalue weighted by atomic mass is 19.4. The van der Waals surface area contributed by atoms with Crippen molar-refractivity contribution < 1.29 is 50.2 Å². The maximum absolute atomic E-state index is 12.7. The molecule has 0 radical (unpaired) electrons. The SMILES string of the molecule is C.CCOC(=O)N1CCC2(CC(=O)C2)C1.CCOC(=O)N1CCC2(CC(N3CCC(c4ncc(C(F)(F)F)[nH]4)CC3)C2)C1.FC(F)(F)c1cnc(C2CCNCC2)[nH]1. The average molecular weight is 833 g/mol. The van der Waals surface area contributed by atoms with Crippen LogP contribution >= 0.6 is 0 Å². The van der Waals surface area contributed by atoms with Crippen molar-refractivity contribution in [1.82, 2.24) is 40.0 Å². The summed E-state index contributed by atoms with van der Waals surface area (Å²) < 4.78 is 85.1. The topological polar surface area (TPSA) is 149 Å². The van der Waals surface area contributed by atoms with Gasteiger partial charge in [0.2, 0.25) is 0 Å². The van der Waals surface area contributed by atoms with Gasteiger partial charge in [-0.3, -0.25) is 4.79 Å². The number of ether oxygens (including phenoxy) is 2. The van der Waals surface area contributed by atoms with E-state index in [1.165, 1.54) is 0 Å². The van der Waals surface area contributed by atoms with Crippen LogP contribution in [0.4, 0.5) is 35.9 Å². The number of hydrogen-bond donors (Lipinski definition) is 3. The predicted molar refractivity (Wildman–Crippen MR) is 201 cm³/mol. The zero-order chi connectivity index (χ0) is 41.0. The fourth-order valence-electron chi connectivity index (χ4n) is 9.23. The Morgan fingerprint density at radius 3 is 1.62 bits per heavy atom. The second-order valence-corrected chi connectivity index (χ2v) is 16.4. The first-order valence-electron chi connectivity index (χ1n) is 20.1. The molecule has 6 aliphatic rings. The number of nitrogens with one attached hydrogen (secondary N) is 3. The molecule has 4 saturated heterocycles. The minimum atomic E-state index is -4.37. The molecule has 6 heterocycles. The molecule has 19 heteroatoms. The number of carbonyl (C=O) groups excluding carboxylic acids is 3. The van der Waals surface area contributed by atoms with Crippen LogP contribution < -0.4 is 5.32 Å². The molecule has 13 nitrogen and oxygen atoms in total. The molecule has 2 amide bonds. The Morgan fingerprint density at radius 2 is 1.19 bits per heavy atom. The molecule has 0 bridgehead atoms. The zero-order valence-corrected chi connectivity index (χ0v) is 32.6. The number of likely N-dealkylation sites (tertiary alicyclic amines) is 3. The van der Waals surface area contributed by atoms with Gasteiger partial charge in [0.25, 0.3) is 0 Å². The quantitative estimate of drug-likeness (QED) is 0.263. The number of Topliss-reactive ketones (excluding diaryl/α,β-unsaturated/α-hetero) is 1. The summed E-state index contributed by atoms with van der Waals surface area (Å²) in [7, 11) is 0. The summed E-state index contributed by atoms with van der Waals surface area (Å²) in [6.07, 6.45) is 1.44. The number of imidazole rings is 2. The molecule has 326 valence electrons. The fraction of sp³-hybridized carbons (Fsp3) is 0.769. The number of piperidine rings is 2. The number of nitrogens with zero attached hydrogens (tertiary/aromatic N) is 5. The Balaban J connectivity index is 0.000000180. The molecule has 6 fully saturated rings. The Morgan fingerprint density at radius 1 is 0.741 bits per heavy atom. The van der Waals surface area contributed by atoms with Crippen molar-refractivity contribution in [2.45, 2.75) is 116 Å². The van der Waals surface area contributed by atoms with Gasteiger partial charge in [-0.1, -0.05) is 7.43 Å². The molecule has 58 heavy (non-hydrogen) atoms. The molecule has 0 unspecified atom stereocenters. The van der Waals surface area contributed by atoms with Crippen molar-refractivity contribution in [3.8, 4) is 0 Å². The highest BCUT2D eigenvalue weighted by Gasteiger charge is 2.52. The third-order valence-electron chi connectivity index (χ3n) is 12.4. The van der Waals surface area contributed by atoms with Gasteiger partial charge in [0.15, 0.2) is 0 Å². The van der Waals surface area contributed by atoms with Crippen LogP contribution in [0.2, 0.25) is 0 Å². The van der Waals surface area contributed by atoms with E-state index in [1.54, 1.807) is 11.8 Å². The molecule has 2 aliphatic carbocycles. The number of H-pyrrole nitrogens is 2. The van der Waals surface area contributed by atoms with Gasteiger partial charge in [0.05, 0.1) is 25.6 Å². The first-order valence-corrected chi connectivity index (χ1v) is 20.1. The van der Waals surface area contributed by atoms with Crippen LogP contribution in [0.5, 0.6) is 0 Å². The van der Waals surface area contributed by atoms with E-state index in [0.29, 0.717) is 56.1 Å². The Hall–Kier alpha value is -3.87. The monoisotopic (exact) mass is 832 g/mol. The number of rotatable bonds is 5. The molecule has 2 saturated carbocycles. The minimum Gasteiger partial charge on any atom is -0.450 e. The lowest BCUT2D eigenvalue weighted by atomic mass is 9.64. The van der Waals surface area contributed by atoms with Crippen molar-refractivity contribution in [1.29, 1.82) is 0 Å². The Bertz CT molecular complexity index is 1670. The summed E-state index contributed by atoms with van der Waals surface area (Å²) in [5.74, 6) is 1.44. The number of alkyl halides is 6. The van der Waals surface area contributed by atoms with Gasteiger partial charge in [-0.15, -0.1) is 0 Å². The first-order chi connectivity index (χ1) is 27.0. The van der Waals surface area contributed by atoms with Crippen LogP contribution in [-0.2, 0) is 26.6 Å². The lowest BCUT2D eigenvalue weighted by Gasteiger charge is -2.51. The van der Waals surface area contributed by atoms with Crippen molar-refractivity contribution in [3.05, 3.63) is 35.4 Å². The minimum absolute atomic E-state index is 0. The van der Waals surface area contributed by atoms with E-state index in [1.807, 2.05) is 11.8 Å². The van der Waals surface area contributed by atoms with E-state index in [4.69, 9.17) is 9.47 Å². The smallest absolute Gasteiger partial charge is 0.432 e. The zero-order valence-electron chi connectivity index (χ0n) is 32.6. The third kappa shape index (κ3) is 10.8. The van der Waals surface area contributed by atoms with Crippen LogP contribution in [0.1, 0.15) is 120 Å². The number of hydrogen-bond acceptors (Lipinski definition) is 9. The number of aromatic nitrogens is 4. The predicted octanol–water partition coefficient (Wildman–Crippen LogP) is 7.35. The molecule has 2 spiro atoms. The molecule has 4 aliphatic heterocycles. The maximum atomic E-state index is 12.7. The summed E-state index contributed by atoms with van der Waals surface area (Å²) >= 11 is 0. The van der Waals surface area contributed by atoms with Crippen LogP contribution in [0, 0.1) is 10.8 Å². The van der Waals surface area contributed by atoms with Crippen LogP contribution in [0.15, 0.2) is 12.4 Å². The number of ketones is 1. The molecule has 2 aromatic rings. The van der Waals surface area contributed by atoms with Gasteiger partial charge in [-0.25, -0.2) is 19.6 Å².